The van der Waals surface area contributed by atoms with Crippen LogP contribution in [0.25, 0.3) is 0 Å². The second kappa shape index (κ2) is 10.6. The van der Waals surface area contributed by atoms with E-state index >= 15 is 0 Å². The molecule has 0 spiro atoms. The van der Waals surface area contributed by atoms with Gasteiger partial charge in [0.05, 0.1) is 17.6 Å². The number of rotatable bonds is 9. The van der Waals surface area contributed by atoms with Crippen LogP contribution < -0.4 is 9.46 Å². The second-order valence-corrected chi connectivity index (χ2v) is 9.97. The second-order valence-electron chi connectivity index (χ2n) is 8.21. The molecular weight excluding hydrogens is 402 g/mol. The Hall–Kier alpha value is -1.64. The Labute approximate surface area is 180 Å². The first-order valence-electron chi connectivity index (χ1n) is 11.2. The van der Waals surface area contributed by atoms with Crippen LogP contribution in [0.2, 0.25) is 0 Å². The molecule has 8 heteroatoms. The van der Waals surface area contributed by atoms with Gasteiger partial charge in [0, 0.05) is 25.7 Å². The number of hydrogen-bond acceptors (Lipinski definition) is 5. The number of nitrogens with zero attached hydrogens (tertiary/aromatic N) is 2. The zero-order chi connectivity index (χ0) is 21.6. The fourth-order valence-corrected chi connectivity index (χ4v) is 5.60. The van der Waals surface area contributed by atoms with Gasteiger partial charge in [-0.15, -0.1) is 0 Å². The Morgan fingerprint density at radius 2 is 1.90 bits per heavy atom. The van der Waals surface area contributed by atoms with Gasteiger partial charge in [-0.25, -0.2) is 13.1 Å². The molecule has 3 rings (SSSR count). The summed E-state index contributed by atoms with van der Waals surface area (Å²) in [7, 11) is -2.19. The van der Waals surface area contributed by atoms with Crippen molar-refractivity contribution < 1.29 is 17.9 Å². The minimum Gasteiger partial charge on any atom is -0.496 e. The van der Waals surface area contributed by atoms with E-state index in [9.17, 15) is 13.2 Å². The molecule has 1 atom stereocenters. The molecule has 1 amide bonds. The van der Waals surface area contributed by atoms with Crippen molar-refractivity contribution in [3.63, 3.8) is 0 Å². The molecule has 0 saturated carbocycles. The molecule has 168 valence electrons. The van der Waals surface area contributed by atoms with Crippen LogP contribution in [-0.4, -0.2) is 70.0 Å². The molecule has 7 nitrogen and oxygen atoms in total. The lowest BCUT2D eigenvalue weighted by molar-refractivity contribution is 0.0789. The first-order valence-corrected chi connectivity index (χ1v) is 12.7. The number of carbonyl (C=O) groups excluding carboxylic acids is 1. The molecule has 2 saturated heterocycles. The predicted octanol–water partition coefficient (Wildman–Crippen LogP) is 2.86. The molecule has 2 fully saturated rings. The Kier molecular flexibility index (Phi) is 8.13. The van der Waals surface area contributed by atoms with E-state index in [1.807, 2.05) is 0 Å². The van der Waals surface area contributed by atoms with Gasteiger partial charge in [-0.05, 0) is 69.8 Å². The highest BCUT2D eigenvalue weighted by molar-refractivity contribution is 7.89. The highest BCUT2D eigenvalue weighted by Gasteiger charge is 2.25. The van der Waals surface area contributed by atoms with Crippen molar-refractivity contribution in [1.29, 1.82) is 0 Å². The van der Waals surface area contributed by atoms with E-state index in [1.165, 1.54) is 38.5 Å². The minimum absolute atomic E-state index is 0.107. The number of amides is 1. The van der Waals surface area contributed by atoms with Gasteiger partial charge in [-0.3, -0.25) is 4.79 Å². The van der Waals surface area contributed by atoms with Crippen LogP contribution in [0.1, 0.15) is 62.2 Å². The Bertz CT molecular complexity index is 822. The van der Waals surface area contributed by atoms with Crippen molar-refractivity contribution in [2.24, 2.45) is 0 Å². The number of nitrogens with one attached hydrogen (secondary N) is 1. The number of carbonyl (C=O) groups is 1. The van der Waals surface area contributed by atoms with Gasteiger partial charge in [0.2, 0.25) is 10.0 Å². The fourth-order valence-electron chi connectivity index (χ4n) is 4.50. The summed E-state index contributed by atoms with van der Waals surface area (Å²) >= 11 is 0. The molecule has 2 aliphatic rings. The van der Waals surface area contributed by atoms with Crippen LogP contribution in [-0.2, 0) is 10.0 Å². The topological polar surface area (TPSA) is 79.0 Å². The molecule has 2 heterocycles. The van der Waals surface area contributed by atoms with Gasteiger partial charge in [0.15, 0.2) is 0 Å². The number of likely N-dealkylation sites (tertiary alicyclic amines) is 2. The van der Waals surface area contributed by atoms with Crippen molar-refractivity contribution >= 4 is 15.9 Å². The summed E-state index contributed by atoms with van der Waals surface area (Å²) in [5, 5.41) is 0. The third-order valence-electron chi connectivity index (χ3n) is 6.24. The normalized spacial score (nSPS) is 20.5. The van der Waals surface area contributed by atoms with Gasteiger partial charge in [-0.1, -0.05) is 13.3 Å². The first kappa shape index (κ1) is 23.0. The molecule has 0 unspecified atom stereocenters. The molecule has 0 aromatic heterocycles. The third-order valence-corrected chi connectivity index (χ3v) is 7.70. The SMILES string of the molecule is CC[C@H]1CCCCN1CCCNS(=O)(=O)c1ccc(OC)c(C(=O)N2CCCC2)c1. The molecule has 2 aliphatic heterocycles. The largest absolute Gasteiger partial charge is 0.496 e. The number of ether oxygens (including phenoxy) is 1. The quantitative estimate of drug-likeness (QED) is 0.601. The fraction of sp³-hybridized carbons (Fsp3) is 0.682. The van der Waals surface area contributed by atoms with Crippen LogP contribution in [0.3, 0.4) is 0 Å². The maximum atomic E-state index is 12.8. The maximum absolute atomic E-state index is 12.8. The third kappa shape index (κ3) is 5.53. The summed E-state index contributed by atoms with van der Waals surface area (Å²) in [4.78, 5) is 17.2. The van der Waals surface area contributed by atoms with Crippen LogP contribution in [0.4, 0.5) is 0 Å². The van der Waals surface area contributed by atoms with Crippen molar-refractivity contribution in [1.82, 2.24) is 14.5 Å². The Morgan fingerprint density at radius 1 is 1.17 bits per heavy atom. The van der Waals surface area contributed by atoms with Crippen molar-refractivity contribution in [3.05, 3.63) is 23.8 Å². The lowest BCUT2D eigenvalue weighted by Crippen LogP contribution is -2.40. The predicted molar refractivity (Wildman–Crippen MR) is 117 cm³/mol. The summed E-state index contributed by atoms with van der Waals surface area (Å²) in [6.45, 7) is 6.01. The molecule has 0 aliphatic carbocycles. The smallest absolute Gasteiger partial charge is 0.257 e. The van der Waals surface area contributed by atoms with E-state index in [0.717, 1.165) is 38.8 Å². The minimum atomic E-state index is -3.68. The lowest BCUT2D eigenvalue weighted by Gasteiger charge is -2.35. The molecule has 0 bridgehead atoms. The molecular formula is C22H35N3O4S. The van der Waals surface area contributed by atoms with Crippen LogP contribution in [0.5, 0.6) is 5.75 Å². The number of benzene rings is 1. The number of sulfonamides is 1. The standard InChI is InChI=1S/C22H35N3O4S/c1-3-18-9-4-5-13-24(18)16-8-12-23-30(27,28)19-10-11-21(29-2)20(17-19)22(26)25-14-6-7-15-25/h10-11,17-18,23H,3-9,12-16H2,1-2H3/t18-/m0/s1. The van der Waals surface area contributed by atoms with E-state index in [2.05, 4.69) is 16.5 Å². The average molecular weight is 438 g/mol. The molecule has 30 heavy (non-hydrogen) atoms. The molecule has 1 N–H and O–H groups in total. The lowest BCUT2D eigenvalue weighted by atomic mass is 10.00. The van der Waals surface area contributed by atoms with E-state index in [1.54, 1.807) is 11.0 Å². The summed E-state index contributed by atoms with van der Waals surface area (Å²) in [6.07, 6.45) is 7.62. The summed E-state index contributed by atoms with van der Waals surface area (Å²) in [6, 6.07) is 5.13. The zero-order valence-corrected chi connectivity index (χ0v) is 19.0. The average Bonchev–Trinajstić information content (AvgIpc) is 3.31. The highest BCUT2D eigenvalue weighted by Crippen LogP contribution is 2.25. The van der Waals surface area contributed by atoms with Gasteiger partial charge >= 0.3 is 0 Å². The van der Waals surface area contributed by atoms with Crippen LogP contribution in [0.15, 0.2) is 23.1 Å². The van der Waals surface area contributed by atoms with Gasteiger partial charge < -0.3 is 14.5 Å². The van der Waals surface area contributed by atoms with E-state index < -0.39 is 10.0 Å². The van der Waals surface area contributed by atoms with Gasteiger partial charge in [0.25, 0.3) is 5.91 Å². The molecule has 1 aromatic rings. The number of hydrogen-bond donors (Lipinski definition) is 1. The van der Waals surface area contributed by atoms with E-state index in [4.69, 9.17) is 4.74 Å². The monoisotopic (exact) mass is 437 g/mol. The van der Waals surface area contributed by atoms with Gasteiger partial charge in [-0.2, -0.15) is 0 Å². The van der Waals surface area contributed by atoms with Crippen molar-refractivity contribution in [2.45, 2.75) is 62.8 Å². The van der Waals surface area contributed by atoms with E-state index in [0.29, 0.717) is 37.0 Å². The van der Waals surface area contributed by atoms with Crippen LogP contribution >= 0.6 is 0 Å². The molecule has 0 radical (unpaired) electrons. The van der Waals surface area contributed by atoms with Crippen molar-refractivity contribution in [2.75, 3.05) is 39.8 Å². The number of methoxy groups -OCH3 is 1. The van der Waals surface area contributed by atoms with Crippen LogP contribution in [0, 0.1) is 0 Å². The Morgan fingerprint density at radius 3 is 2.60 bits per heavy atom. The Balaban J connectivity index is 1.62. The summed E-state index contributed by atoms with van der Waals surface area (Å²) in [5.41, 5.74) is 0.307. The molecule has 1 aromatic carbocycles. The summed E-state index contributed by atoms with van der Waals surface area (Å²) in [5.74, 6) is 0.235. The summed E-state index contributed by atoms with van der Waals surface area (Å²) < 4.78 is 33.6. The van der Waals surface area contributed by atoms with E-state index in [-0.39, 0.29) is 10.8 Å². The van der Waals surface area contributed by atoms with Crippen molar-refractivity contribution in [3.8, 4) is 5.75 Å². The van der Waals surface area contributed by atoms with Gasteiger partial charge in [0.1, 0.15) is 5.75 Å². The first-order chi connectivity index (χ1) is 14.5. The zero-order valence-electron chi connectivity index (χ0n) is 18.2. The number of piperidine rings is 1. The highest BCUT2D eigenvalue weighted by atomic mass is 32.2. The maximum Gasteiger partial charge on any atom is 0.257 e.